The van der Waals surface area contributed by atoms with Gasteiger partial charge >= 0.3 is 0 Å². The molecule has 1 fully saturated rings. The highest BCUT2D eigenvalue weighted by Gasteiger charge is 2.14. The molecule has 2 N–H and O–H groups in total. The minimum atomic E-state index is 0.727. The van der Waals surface area contributed by atoms with Crippen LogP contribution in [0.2, 0.25) is 5.02 Å². The van der Waals surface area contributed by atoms with Gasteiger partial charge in [-0.05, 0) is 25.1 Å². The standard InChI is InChI=1S/C16H21ClN4O/c17-14-5-3-13(4-6-14)16-12-15(22-19-16)2-1-7-20-8-10-21(18)11-9-20/h3-6,12H,1-2,7-11,18H2. The minimum absolute atomic E-state index is 0.727. The van der Waals surface area contributed by atoms with Crippen LogP contribution in [0.5, 0.6) is 0 Å². The molecule has 1 aliphatic rings. The Morgan fingerprint density at radius 1 is 1.14 bits per heavy atom. The third kappa shape index (κ3) is 4.08. The van der Waals surface area contributed by atoms with Gasteiger partial charge in [-0.2, -0.15) is 0 Å². The second kappa shape index (κ2) is 7.24. The van der Waals surface area contributed by atoms with E-state index in [0.717, 1.165) is 67.6 Å². The Labute approximate surface area is 135 Å². The molecule has 1 aliphatic heterocycles. The van der Waals surface area contributed by atoms with Crippen molar-refractivity contribution in [2.45, 2.75) is 12.8 Å². The summed E-state index contributed by atoms with van der Waals surface area (Å²) in [6, 6.07) is 9.65. The van der Waals surface area contributed by atoms with Crippen LogP contribution < -0.4 is 5.84 Å². The van der Waals surface area contributed by atoms with Gasteiger partial charge in [0.1, 0.15) is 11.5 Å². The van der Waals surface area contributed by atoms with Crippen molar-refractivity contribution >= 4 is 11.6 Å². The molecular formula is C16H21ClN4O. The Balaban J connectivity index is 1.48. The van der Waals surface area contributed by atoms with E-state index in [4.69, 9.17) is 22.0 Å². The smallest absolute Gasteiger partial charge is 0.137 e. The first-order chi connectivity index (χ1) is 10.7. The van der Waals surface area contributed by atoms with Gasteiger partial charge in [0.2, 0.25) is 0 Å². The van der Waals surface area contributed by atoms with Crippen molar-refractivity contribution in [3.8, 4) is 11.3 Å². The highest BCUT2D eigenvalue weighted by Crippen LogP contribution is 2.21. The fraction of sp³-hybridized carbons (Fsp3) is 0.438. The Bertz CT molecular complexity index is 590. The molecule has 0 amide bonds. The van der Waals surface area contributed by atoms with E-state index in [2.05, 4.69) is 10.1 Å². The second-order valence-corrected chi connectivity index (χ2v) is 6.10. The van der Waals surface area contributed by atoms with Crippen LogP contribution in [-0.4, -0.2) is 47.8 Å². The topological polar surface area (TPSA) is 58.5 Å². The fourth-order valence-corrected chi connectivity index (χ4v) is 2.78. The van der Waals surface area contributed by atoms with Gasteiger partial charge in [-0.25, -0.2) is 5.01 Å². The third-order valence-corrected chi connectivity index (χ3v) is 4.26. The summed E-state index contributed by atoms with van der Waals surface area (Å²) in [4.78, 5) is 2.44. The molecule has 22 heavy (non-hydrogen) atoms. The number of halogens is 1. The molecule has 0 atom stereocenters. The van der Waals surface area contributed by atoms with E-state index >= 15 is 0 Å². The van der Waals surface area contributed by atoms with Crippen molar-refractivity contribution in [3.05, 3.63) is 41.1 Å². The van der Waals surface area contributed by atoms with Gasteiger partial charge in [0, 0.05) is 49.3 Å². The quantitative estimate of drug-likeness (QED) is 0.857. The lowest BCUT2D eigenvalue weighted by molar-refractivity contribution is 0.132. The zero-order chi connectivity index (χ0) is 15.4. The van der Waals surface area contributed by atoms with E-state index in [1.54, 1.807) is 0 Å². The van der Waals surface area contributed by atoms with Crippen molar-refractivity contribution in [1.82, 2.24) is 15.1 Å². The lowest BCUT2D eigenvalue weighted by atomic mass is 10.1. The van der Waals surface area contributed by atoms with Gasteiger partial charge in [-0.15, -0.1) is 0 Å². The molecule has 0 bridgehead atoms. The fourth-order valence-electron chi connectivity index (χ4n) is 2.65. The average molecular weight is 321 g/mol. The molecule has 0 saturated carbocycles. The molecule has 3 rings (SSSR count). The second-order valence-electron chi connectivity index (χ2n) is 5.67. The monoisotopic (exact) mass is 320 g/mol. The summed E-state index contributed by atoms with van der Waals surface area (Å²) in [5.74, 6) is 6.69. The molecule has 1 aromatic heterocycles. The predicted molar refractivity (Wildman–Crippen MR) is 87.5 cm³/mol. The molecule has 118 valence electrons. The van der Waals surface area contributed by atoms with Gasteiger partial charge < -0.3 is 9.42 Å². The molecule has 0 radical (unpaired) electrons. The first-order valence-electron chi connectivity index (χ1n) is 7.64. The van der Waals surface area contributed by atoms with Crippen LogP contribution in [0.4, 0.5) is 0 Å². The van der Waals surface area contributed by atoms with Crippen molar-refractivity contribution in [1.29, 1.82) is 0 Å². The first-order valence-corrected chi connectivity index (χ1v) is 8.02. The van der Waals surface area contributed by atoms with Crippen LogP contribution in [0.15, 0.2) is 34.9 Å². The number of aromatic nitrogens is 1. The van der Waals surface area contributed by atoms with E-state index in [-0.39, 0.29) is 0 Å². The third-order valence-electron chi connectivity index (χ3n) is 4.00. The summed E-state index contributed by atoms with van der Waals surface area (Å²) in [7, 11) is 0. The number of hydrazine groups is 1. The van der Waals surface area contributed by atoms with E-state index in [0.29, 0.717) is 0 Å². The summed E-state index contributed by atoms with van der Waals surface area (Å²) < 4.78 is 5.43. The molecule has 0 aliphatic carbocycles. The van der Waals surface area contributed by atoms with Crippen LogP contribution in [0.3, 0.4) is 0 Å². The van der Waals surface area contributed by atoms with Gasteiger partial charge in [-0.3, -0.25) is 5.84 Å². The Morgan fingerprint density at radius 3 is 2.59 bits per heavy atom. The lowest BCUT2D eigenvalue weighted by Crippen LogP contribution is -2.49. The average Bonchev–Trinajstić information content (AvgIpc) is 2.99. The number of piperazine rings is 1. The SMILES string of the molecule is NN1CCN(CCCc2cc(-c3ccc(Cl)cc3)no2)CC1. The van der Waals surface area contributed by atoms with Crippen molar-refractivity contribution in [3.63, 3.8) is 0 Å². The minimum Gasteiger partial charge on any atom is -0.361 e. The summed E-state index contributed by atoms with van der Waals surface area (Å²) in [6.45, 7) is 5.06. The summed E-state index contributed by atoms with van der Waals surface area (Å²) in [5.41, 5.74) is 1.89. The summed E-state index contributed by atoms with van der Waals surface area (Å²) in [6.07, 6.45) is 1.98. The highest BCUT2D eigenvalue weighted by atomic mass is 35.5. The number of nitrogens with two attached hydrogens (primary N) is 1. The Morgan fingerprint density at radius 2 is 1.86 bits per heavy atom. The highest BCUT2D eigenvalue weighted by molar-refractivity contribution is 6.30. The number of benzene rings is 1. The van der Waals surface area contributed by atoms with Crippen LogP contribution in [-0.2, 0) is 6.42 Å². The van der Waals surface area contributed by atoms with Crippen molar-refractivity contribution in [2.24, 2.45) is 5.84 Å². The van der Waals surface area contributed by atoms with Crippen LogP contribution in [0.25, 0.3) is 11.3 Å². The molecule has 1 aromatic carbocycles. The molecule has 0 spiro atoms. The zero-order valence-electron chi connectivity index (χ0n) is 12.5. The number of nitrogens with zero attached hydrogens (tertiary/aromatic N) is 3. The maximum absolute atomic E-state index is 5.90. The van der Waals surface area contributed by atoms with Gasteiger partial charge in [0.05, 0.1) is 0 Å². The maximum atomic E-state index is 5.90. The van der Waals surface area contributed by atoms with Crippen molar-refractivity contribution < 1.29 is 4.52 Å². The van der Waals surface area contributed by atoms with E-state index in [1.165, 1.54) is 0 Å². The molecule has 1 saturated heterocycles. The van der Waals surface area contributed by atoms with Crippen molar-refractivity contribution in [2.75, 3.05) is 32.7 Å². The van der Waals surface area contributed by atoms with Gasteiger partial charge in [0.25, 0.3) is 0 Å². The molecular weight excluding hydrogens is 300 g/mol. The normalized spacial score (nSPS) is 17.0. The zero-order valence-corrected chi connectivity index (χ0v) is 13.3. The number of hydrogen-bond acceptors (Lipinski definition) is 5. The summed E-state index contributed by atoms with van der Waals surface area (Å²) in [5, 5.41) is 6.74. The van der Waals surface area contributed by atoms with Crippen LogP contribution >= 0.6 is 11.6 Å². The lowest BCUT2D eigenvalue weighted by Gasteiger charge is -2.31. The molecule has 0 unspecified atom stereocenters. The van der Waals surface area contributed by atoms with Gasteiger partial charge in [-0.1, -0.05) is 28.9 Å². The summed E-state index contributed by atoms with van der Waals surface area (Å²) >= 11 is 5.90. The molecule has 5 nitrogen and oxygen atoms in total. The molecule has 6 heteroatoms. The molecule has 2 heterocycles. The predicted octanol–water partition coefficient (Wildman–Crippen LogP) is 2.42. The van der Waals surface area contributed by atoms with Crippen LogP contribution in [0, 0.1) is 0 Å². The van der Waals surface area contributed by atoms with E-state index < -0.39 is 0 Å². The Kier molecular flexibility index (Phi) is 5.10. The largest absolute Gasteiger partial charge is 0.361 e. The Hall–Kier alpha value is -1.40. The number of aryl methyl sites for hydroxylation is 1. The number of rotatable bonds is 5. The van der Waals surface area contributed by atoms with Gasteiger partial charge in [0.15, 0.2) is 0 Å². The number of hydrogen-bond donors (Lipinski definition) is 1. The maximum Gasteiger partial charge on any atom is 0.137 e. The molecule has 2 aromatic rings. The van der Waals surface area contributed by atoms with E-state index in [9.17, 15) is 0 Å². The van der Waals surface area contributed by atoms with E-state index in [1.807, 2.05) is 35.3 Å². The first kappa shape index (κ1) is 15.5. The van der Waals surface area contributed by atoms with Crippen LogP contribution in [0.1, 0.15) is 12.2 Å².